The Morgan fingerprint density at radius 3 is 2.42 bits per heavy atom. The van der Waals surface area contributed by atoms with Crippen LogP contribution in [0.15, 0.2) is 12.4 Å². The molecule has 1 saturated carbocycles. The summed E-state index contributed by atoms with van der Waals surface area (Å²) in [5, 5.41) is 3.13. The Morgan fingerprint density at radius 2 is 1.92 bits per heavy atom. The number of carbonyl (C=O) groups excluding carboxylic acids is 1. The molecule has 2 aliphatic rings. The van der Waals surface area contributed by atoms with E-state index in [1.807, 2.05) is 27.7 Å². The second kappa shape index (κ2) is 6.28. The van der Waals surface area contributed by atoms with Crippen LogP contribution in [0.5, 0.6) is 0 Å². The number of piperidine rings is 1. The molecule has 1 aliphatic carbocycles. The molecule has 1 aromatic heterocycles. The maximum Gasteiger partial charge on any atom is 0.434 e. The number of alkyl halides is 3. The Bertz CT molecular complexity index is 672. The zero-order valence-electron chi connectivity index (χ0n) is 15.2. The van der Waals surface area contributed by atoms with E-state index in [2.05, 4.69) is 15.3 Å². The summed E-state index contributed by atoms with van der Waals surface area (Å²) in [6.45, 7) is 7.45. The van der Waals surface area contributed by atoms with Crippen molar-refractivity contribution >= 4 is 11.9 Å². The molecule has 26 heavy (non-hydrogen) atoms. The maximum absolute atomic E-state index is 12.6. The van der Waals surface area contributed by atoms with E-state index in [-0.39, 0.29) is 30.0 Å². The molecule has 1 N–H and O–H groups in total. The van der Waals surface area contributed by atoms with Gasteiger partial charge >= 0.3 is 12.3 Å². The molecular weight excluding hydrogens is 349 g/mol. The molecule has 2 fully saturated rings. The lowest BCUT2D eigenvalue weighted by Gasteiger charge is -2.38. The van der Waals surface area contributed by atoms with Crippen molar-refractivity contribution in [2.75, 3.05) is 5.32 Å². The van der Waals surface area contributed by atoms with Crippen molar-refractivity contribution in [2.45, 2.75) is 70.4 Å². The number of halogens is 3. The molecule has 1 aliphatic heterocycles. The van der Waals surface area contributed by atoms with Gasteiger partial charge in [0, 0.05) is 12.1 Å². The van der Waals surface area contributed by atoms with Gasteiger partial charge in [-0.15, -0.1) is 0 Å². The van der Waals surface area contributed by atoms with Crippen LogP contribution in [0.25, 0.3) is 0 Å². The summed E-state index contributed by atoms with van der Waals surface area (Å²) in [5.74, 6) is 0.597. The van der Waals surface area contributed by atoms with E-state index in [0.717, 1.165) is 19.0 Å². The zero-order chi connectivity index (χ0) is 19.3. The predicted molar refractivity (Wildman–Crippen MR) is 88.5 cm³/mol. The fourth-order valence-electron chi connectivity index (χ4n) is 3.79. The minimum absolute atomic E-state index is 0.0751. The van der Waals surface area contributed by atoms with Crippen LogP contribution >= 0.6 is 0 Å². The lowest BCUT2D eigenvalue weighted by Crippen LogP contribution is -2.52. The van der Waals surface area contributed by atoms with Crippen molar-refractivity contribution in [3.8, 4) is 0 Å². The molecule has 0 aromatic carbocycles. The van der Waals surface area contributed by atoms with Gasteiger partial charge in [0.1, 0.15) is 11.4 Å². The highest BCUT2D eigenvalue weighted by Crippen LogP contribution is 2.44. The summed E-state index contributed by atoms with van der Waals surface area (Å²) in [7, 11) is 0. The van der Waals surface area contributed by atoms with Crippen molar-refractivity contribution in [3.05, 3.63) is 18.1 Å². The second-order valence-corrected chi connectivity index (χ2v) is 7.96. The van der Waals surface area contributed by atoms with Gasteiger partial charge in [0.15, 0.2) is 5.69 Å². The summed E-state index contributed by atoms with van der Waals surface area (Å²) < 4.78 is 43.3. The molecule has 2 heterocycles. The van der Waals surface area contributed by atoms with E-state index in [4.69, 9.17) is 4.74 Å². The highest BCUT2D eigenvalue weighted by atomic mass is 19.4. The molecular formula is C17H23F3N4O2. The van der Waals surface area contributed by atoms with Crippen LogP contribution in [0.3, 0.4) is 0 Å². The molecule has 3 rings (SSSR count). The maximum atomic E-state index is 12.6. The number of rotatable bonds is 2. The Hall–Kier alpha value is -2.06. The van der Waals surface area contributed by atoms with Crippen LogP contribution in [-0.2, 0) is 10.9 Å². The van der Waals surface area contributed by atoms with Crippen LogP contribution in [0.1, 0.15) is 46.2 Å². The molecule has 0 spiro atoms. The van der Waals surface area contributed by atoms with Crippen molar-refractivity contribution < 1.29 is 22.7 Å². The Morgan fingerprint density at radius 1 is 1.23 bits per heavy atom. The lowest BCUT2D eigenvalue weighted by atomic mass is 9.98. The zero-order valence-corrected chi connectivity index (χ0v) is 15.2. The topological polar surface area (TPSA) is 67.4 Å². The number of fused-ring (bicyclic) bond motifs is 2. The highest BCUT2D eigenvalue weighted by molar-refractivity contribution is 5.70. The first-order valence-corrected chi connectivity index (χ1v) is 8.63. The number of anilines is 1. The van der Waals surface area contributed by atoms with Gasteiger partial charge in [0.05, 0.1) is 18.4 Å². The molecule has 9 heteroatoms. The quantitative estimate of drug-likeness (QED) is 0.858. The molecule has 144 valence electrons. The first-order valence-electron chi connectivity index (χ1n) is 8.63. The molecule has 4 atom stereocenters. The van der Waals surface area contributed by atoms with E-state index < -0.39 is 17.5 Å². The van der Waals surface area contributed by atoms with Gasteiger partial charge in [0.2, 0.25) is 0 Å². The molecule has 1 saturated heterocycles. The number of amides is 1. The smallest absolute Gasteiger partial charge is 0.434 e. The van der Waals surface area contributed by atoms with Crippen LogP contribution in [0.2, 0.25) is 0 Å². The molecule has 1 amide bonds. The molecule has 2 bridgehead atoms. The van der Waals surface area contributed by atoms with E-state index in [1.54, 1.807) is 4.90 Å². The predicted octanol–water partition coefficient (Wildman–Crippen LogP) is 3.69. The third kappa shape index (κ3) is 3.71. The third-order valence-electron chi connectivity index (χ3n) is 4.92. The van der Waals surface area contributed by atoms with Gasteiger partial charge in [-0.05, 0) is 46.5 Å². The van der Waals surface area contributed by atoms with E-state index in [9.17, 15) is 18.0 Å². The summed E-state index contributed by atoms with van der Waals surface area (Å²) in [4.78, 5) is 21.5. The fourth-order valence-corrected chi connectivity index (χ4v) is 3.79. The molecule has 4 unspecified atom stereocenters. The van der Waals surface area contributed by atoms with E-state index in [0.29, 0.717) is 12.1 Å². The van der Waals surface area contributed by atoms with Crippen molar-refractivity contribution in [2.24, 2.45) is 5.92 Å². The number of nitrogens with zero attached hydrogens (tertiary/aromatic N) is 3. The summed E-state index contributed by atoms with van der Waals surface area (Å²) in [5.41, 5.74) is -1.61. The average Bonchev–Trinajstić information content (AvgIpc) is 3.02. The first-order chi connectivity index (χ1) is 12.0. The standard InChI is InChI=1S/C17H23F3N4O2/c1-9-10-5-11(12(6-10)24(9)15(25)26-16(2,3)4)23-14-8-21-13(7-22-14)17(18,19)20/h7-12H,5-6H2,1-4H3,(H,22,23). The van der Waals surface area contributed by atoms with Crippen LogP contribution in [-0.4, -0.2) is 44.7 Å². The summed E-state index contributed by atoms with van der Waals surface area (Å²) in [6, 6.07) is -0.0877. The van der Waals surface area contributed by atoms with Crippen molar-refractivity contribution in [3.63, 3.8) is 0 Å². The lowest BCUT2D eigenvalue weighted by molar-refractivity contribution is -0.141. The summed E-state index contributed by atoms with van der Waals surface area (Å²) in [6.07, 6.45) is -1.41. The third-order valence-corrected chi connectivity index (χ3v) is 4.92. The van der Waals surface area contributed by atoms with Crippen LogP contribution in [0.4, 0.5) is 23.8 Å². The van der Waals surface area contributed by atoms with Gasteiger partial charge < -0.3 is 15.0 Å². The number of hydrogen-bond acceptors (Lipinski definition) is 5. The van der Waals surface area contributed by atoms with Gasteiger partial charge in [-0.1, -0.05) is 0 Å². The normalized spacial score (nSPS) is 28.3. The molecule has 1 aromatic rings. The van der Waals surface area contributed by atoms with Gasteiger partial charge in [-0.3, -0.25) is 0 Å². The second-order valence-electron chi connectivity index (χ2n) is 7.96. The first kappa shape index (κ1) is 18.7. The Balaban J connectivity index is 1.70. The van der Waals surface area contributed by atoms with Crippen molar-refractivity contribution in [1.82, 2.24) is 14.9 Å². The Kier molecular flexibility index (Phi) is 4.52. The average molecular weight is 372 g/mol. The fraction of sp³-hybridized carbons (Fsp3) is 0.706. The number of carbonyl (C=O) groups is 1. The van der Waals surface area contributed by atoms with E-state index in [1.165, 1.54) is 0 Å². The Labute approximate surface area is 150 Å². The largest absolute Gasteiger partial charge is 0.444 e. The van der Waals surface area contributed by atoms with Gasteiger partial charge in [-0.2, -0.15) is 13.2 Å². The SMILES string of the molecule is CC1C2CC(Nc3cnc(C(F)(F)F)cn3)C(C2)N1C(=O)OC(C)(C)C. The minimum Gasteiger partial charge on any atom is -0.444 e. The monoisotopic (exact) mass is 372 g/mol. The number of ether oxygens (including phenoxy) is 1. The number of nitrogens with one attached hydrogen (secondary N) is 1. The highest BCUT2D eigenvalue weighted by Gasteiger charge is 2.52. The van der Waals surface area contributed by atoms with E-state index >= 15 is 0 Å². The van der Waals surface area contributed by atoms with Gasteiger partial charge in [-0.25, -0.2) is 14.8 Å². The molecule has 6 nitrogen and oxygen atoms in total. The van der Waals surface area contributed by atoms with Crippen molar-refractivity contribution in [1.29, 1.82) is 0 Å². The number of aromatic nitrogens is 2. The van der Waals surface area contributed by atoms with Crippen LogP contribution < -0.4 is 5.32 Å². The van der Waals surface area contributed by atoms with Crippen LogP contribution in [0, 0.1) is 5.92 Å². The molecule has 0 radical (unpaired) electrons. The summed E-state index contributed by atoms with van der Waals surface area (Å²) >= 11 is 0. The number of likely N-dealkylation sites (tertiary alicyclic amines) is 1. The number of hydrogen-bond donors (Lipinski definition) is 1. The van der Waals surface area contributed by atoms with Gasteiger partial charge in [0.25, 0.3) is 0 Å². The minimum atomic E-state index is -4.51.